The summed E-state index contributed by atoms with van der Waals surface area (Å²) in [5, 5.41) is 7.74. The Labute approximate surface area is 199 Å². The van der Waals surface area contributed by atoms with Crippen LogP contribution >= 0.6 is 30.5 Å². The highest BCUT2D eigenvalue weighted by Crippen LogP contribution is 2.59. The van der Waals surface area contributed by atoms with Crippen LogP contribution in [0.5, 0.6) is 11.5 Å². The number of para-hydroxylation sites is 2. The maximum atomic E-state index is 14.4. The molecule has 0 spiro atoms. The summed E-state index contributed by atoms with van der Waals surface area (Å²) in [7, 11) is -4.14. The van der Waals surface area contributed by atoms with Gasteiger partial charge in [0.1, 0.15) is 11.5 Å². The van der Waals surface area contributed by atoms with Crippen LogP contribution in [0, 0.1) is 0 Å². The number of amides is 2. The summed E-state index contributed by atoms with van der Waals surface area (Å²) >= 11 is 7.69. The van der Waals surface area contributed by atoms with Gasteiger partial charge in [-0.3, -0.25) is 5.32 Å². The van der Waals surface area contributed by atoms with Gasteiger partial charge in [-0.15, -0.1) is 11.3 Å². The minimum atomic E-state index is -4.14. The molecule has 0 fully saturated rings. The molecule has 33 heavy (non-hydrogen) atoms. The van der Waals surface area contributed by atoms with Crippen LogP contribution in [-0.4, -0.2) is 11.0 Å². The van der Waals surface area contributed by atoms with Gasteiger partial charge >= 0.3 is 13.6 Å². The summed E-state index contributed by atoms with van der Waals surface area (Å²) < 4.78 is 26.2. The van der Waals surface area contributed by atoms with Crippen LogP contribution in [0.15, 0.2) is 96.5 Å². The molecule has 2 amide bonds. The molecule has 0 aliphatic rings. The van der Waals surface area contributed by atoms with Crippen molar-refractivity contribution >= 4 is 41.7 Å². The Morgan fingerprint density at radius 1 is 0.909 bits per heavy atom. The van der Waals surface area contributed by atoms with Crippen molar-refractivity contribution in [1.82, 2.24) is 10.3 Å². The minimum absolute atomic E-state index is 0.297. The summed E-state index contributed by atoms with van der Waals surface area (Å²) in [6.07, 6.45) is 1.56. The average Bonchev–Trinajstić information content (AvgIpc) is 3.32. The third kappa shape index (κ3) is 5.93. The lowest BCUT2D eigenvalue weighted by Crippen LogP contribution is -2.34. The van der Waals surface area contributed by atoms with Gasteiger partial charge in [0.2, 0.25) is 0 Å². The van der Waals surface area contributed by atoms with Crippen LogP contribution in [0.4, 0.5) is 9.93 Å². The molecule has 10 heteroatoms. The second kappa shape index (κ2) is 10.5. The van der Waals surface area contributed by atoms with E-state index in [9.17, 15) is 9.36 Å². The van der Waals surface area contributed by atoms with Crippen molar-refractivity contribution in [3.05, 3.63) is 107 Å². The number of hydrogen-bond donors (Lipinski definition) is 2. The van der Waals surface area contributed by atoms with Crippen LogP contribution in [-0.2, 0) is 4.57 Å². The van der Waals surface area contributed by atoms with Gasteiger partial charge < -0.3 is 14.4 Å². The second-order valence-corrected chi connectivity index (χ2v) is 9.97. The Morgan fingerprint density at radius 3 is 2.03 bits per heavy atom. The van der Waals surface area contributed by atoms with Crippen LogP contribution in [0.2, 0.25) is 5.02 Å². The molecule has 1 heterocycles. The van der Waals surface area contributed by atoms with Gasteiger partial charge in [-0.2, -0.15) is 0 Å². The fourth-order valence-corrected chi connectivity index (χ4v) is 5.71. The highest BCUT2D eigenvalue weighted by molar-refractivity contribution is 7.55. The van der Waals surface area contributed by atoms with Crippen molar-refractivity contribution in [2.45, 2.75) is 5.78 Å². The standard InChI is InChI=1S/C23H19ClN3O4PS/c24-20-14-8-7-13-19(20)21(26-22(28)27-23-25-15-16-33-23)32(29,30-17-9-3-1-4-10-17)31-18-11-5-2-6-12-18/h1-16,21H,(H2,25,26,27,28). The largest absolute Gasteiger partial charge is 0.457 e. The Bertz CT molecular complexity index is 1200. The van der Waals surface area contributed by atoms with Gasteiger partial charge in [0.25, 0.3) is 0 Å². The highest BCUT2D eigenvalue weighted by Gasteiger charge is 2.43. The molecule has 7 nitrogen and oxygen atoms in total. The molecule has 4 rings (SSSR count). The zero-order valence-corrected chi connectivity index (χ0v) is 19.6. The first kappa shape index (κ1) is 22.9. The van der Waals surface area contributed by atoms with E-state index in [1.807, 2.05) is 0 Å². The number of urea groups is 1. The molecule has 1 atom stereocenters. The predicted molar refractivity (Wildman–Crippen MR) is 130 cm³/mol. The number of benzene rings is 3. The number of rotatable bonds is 8. The van der Waals surface area contributed by atoms with Crippen LogP contribution in [0.1, 0.15) is 11.3 Å². The molecule has 1 unspecified atom stereocenters. The van der Waals surface area contributed by atoms with Crippen molar-refractivity contribution < 1.29 is 18.4 Å². The molecule has 0 saturated carbocycles. The van der Waals surface area contributed by atoms with E-state index >= 15 is 0 Å². The Kier molecular flexibility index (Phi) is 7.29. The van der Waals surface area contributed by atoms with E-state index in [4.69, 9.17) is 20.6 Å². The SMILES string of the molecule is O=C(Nc1nccs1)NC(c1ccccc1Cl)P(=O)(Oc1ccccc1)Oc1ccccc1. The summed E-state index contributed by atoms with van der Waals surface area (Å²) in [5.41, 5.74) is 0.378. The third-order valence-electron chi connectivity index (χ3n) is 4.39. The zero-order valence-electron chi connectivity index (χ0n) is 17.1. The summed E-state index contributed by atoms with van der Waals surface area (Å²) in [6, 6.07) is 23.3. The zero-order chi connectivity index (χ0) is 23.1. The molecule has 2 N–H and O–H groups in total. The fourth-order valence-electron chi connectivity index (χ4n) is 2.95. The van der Waals surface area contributed by atoms with Crippen molar-refractivity contribution in [3.63, 3.8) is 0 Å². The number of halogens is 1. The van der Waals surface area contributed by atoms with E-state index in [0.29, 0.717) is 27.2 Å². The molecule has 0 aliphatic heterocycles. The molecular weight excluding hydrogens is 481 g/mol. The maximum absolute atomic E-state index is 14.4. The summed E-state index contributed by atoms with van der Waals surface area (Å²) in [4.78, 5) is 16.9. The highest BCUT2D eigenvalue weighted by atomic mass is 35.5. The van der Waals surface area contributed by atoms with Crippen molar-refractivity contribution in [2.75, 3.05) is 5.32 Å². The molecule has 168 valence electrons. The van der Waals surface area contributed by atoms with E-state index in [1.54, 1.807) is 96.5 Å². The molecule has 4 aromatic rings. The third-order valence-corrected chi connectivity index (χ3v) is 7.39. The molecule has 0 saturated heterocycles. The number of carbonyl (C=O) groups is 1. The fraction of sp³-hybridized carbons (Fsp3) is 0.0435. The van der Waals surface area contributed by atoms with Gasteiger partial charge in [-0.1, -0.05) is 66.2 Å². The number of nitrogens with one attached hydrogen (secondary N) is 2. The number of anilines is 1. The number of aromatic nitrogens is 1. The van der Waals surface area contributed by atoms with Crippen LogP contribution in [0.25, 0.3) is 0 Å². The van der Waals surface area contributed by atoms with Gasteiger partial charge in [0, 0.05) is 22.2 Å². The first-order chi connectivity index (χ1) is 16.0. The monoisotopic (exact) mass is 499 g/mol. The topological polar surface area (TPSA) is 89.6 Å². The molecule has 0 radical (unpaired) electrons. The quantitative estimate of drug-likeness (QED) is 0.255. The predicted octanol–water partition coefficient (Wildman–Crippen LogP) is 6.97. The van der Waals surface area contributed by atoms with Crippen molar-refractivity contribution in [3.8, 4) is 11.5 Å². The van der Waals surface area contributed by atoms with E-state index in [0.717, 1.165) is 0 Å². The van der Waals surface area contributed by atoms with E-state index in [-0.39, 0.29) is 0 Å². The smallest absolute Gasteiger partial charge is 0.414 e. The summed E-state index contributed by atoms with van der Waals surface area (Å²) in [5.74, 6) is -0.599. The molecular formula is C23H19ClN3O4PS. The normalized spacial score (nSPS) is 11.9. The van der Waals surface area contributed by atoms with E-state index in [2.05, 4.69) is 15.6 Å². The van der Waals surface area contributed by atoms with Crippen molar-refractivity contribution in [2.24, 2.45) is 0 Å². The number of nitrogens with zero attached hydrogens (tertiary/aromatic N) is 1. The lowest BCUT2D eigenvalue weighted by Gasteiger charge is -2.29. The van der Waals surface area contributed by atoms with Crippen LogP contribution < -0.4 is 19.7 Å². The van der Waals surface area contributed by atoms with Gasteiger partial charge in [-0.05, 0) is 30.3 Å². The molecule has 0 aliphatic carbocycles. The van der Waals surface area contributed by atoms with E-state index in [1.165, 1.54) is 11.3 Å². The second-order valence-electron chi connectivity index (χ2n) is 6.71. The molecule has 3 aromatic carbocycles. The van der Waals surface area contributed by atoms with Crippen molar-refractivity contribution in [1.29, 1.82) is 0 Å². The van der Waals surface area contributed by atoms with Crippen LogP contribution in [0.3, 0.4) is 0 Å². The van der Waals surface area contributed by atoms with E-state index < -0.39 is 19.4 Å². The first-order valence-corrected chi connectivity index (χ1v) is 12.7. The number of thiazole rings is 1. The van der Waals surface area contributed by atoms with Gasteiger partial charge in [0.05, 0.1) is 0 Å². The Hall–Kier alpha value is -3.32. The lowest BCUT2D eigenvalue weighted by atomic mass is 10.2. The summed E-state index contributed by atoms with van der Waals surface area (Å²) in [6.45, 7) is 0. The Balaban J connectivity index is 1.75. The van der Waals surface area contributed by atoms with Gasteiger partial charge in [-0.25, -0.2) is 14.3 Å². The average molecular weight is 500 g/mol. The first-order valence-electron chi connectivity index (χ1n) is 9.84. The maximum Gasteiger partial charge on any atom is 0.457 e. The molecule has 1 aromatic heterocycles. The minimum Gasteiger partial charge on any atom is -0.414 e. The Morgan fingerprint density at radius 2 is 1.48 bits per heavy atom. The number of carbonyl (C=O) groups excluding carboxylic acids is 1. The molecule has 0 bridgehead atoms. The van der Waals surface area contributed by atoms with Gasteiger partial charge in [0.15, 0.2) is 10.9 Å². The lowest BCUT2D eigenvalue weighted by molar-refractivity contribution is 0.249. The number of hydrogen-bond acceptors (Lipinski definition) is 6.